The van der Waals surface area contributed by atoms with Crippen LogP contribution >= 0.6 is 0 Å². The van der Waals surface area contributed by atoms with Gasteiger partial charge in [-0.05, 0) is 57.7 Å². The molecule has 1 aliphatic heterocycles. The van der Waals surface area contributed by atoms with E-state index in [0.717, 1.165) is 19.5 Å². The van der Waals surface area contributed by atoms with Gasteiger partial charge in [-0.1, -0.05) is 0 Å². The third-order valence-corrected chi connectivity index (χ3v) is 3.78. The highest BCUT2D eigenvalue weighted by Gasteiger charge is 2.22. The number of carbonyl (C=O) groups is 1. The highest BCUT2D eigenvalue weighted by atomic mass is 19.1. The van der Waals surface area contributed by atoms with Crippen LogP contribution in [0.4, 0.5) is 4.39 Å². The molecule has 1 atom stereocenters. The first-order valence-electron chi connectivity index (χ1n) is 6.74. The van der Waals surface area contributed by atoms with Crippen LogP contribution < -0.4 is 0 Å². The summed E-state index contributed by atoms with van der Waals surface area (Å²) in [6, 6.07) is 6.21. The lowest BCUT2D eigenvalue weighted by molar-refractivity contribution is 0.0857. The summed E-state index contributed by atoms with van der Waals surface area (Å²) in [5.74, 6) is -0.255. The van der Waals surface area contributed by atoms with Gasteiger partial charge in [0.1, 0.15) is 5.82 Å². The second kappa shape index (κ2) is 6.26. The van der Waals surface area contributed by atoms with Crippen LogP contribution in [0.2, 0.25) is 0 Å². The van der Waals surface area contributed by atoms with E-state index in [-0.39, 0.29) is 11.6 Å². The molecule has 19 heavy (non-hydrogen) atoms. The molecule has 0 amide bonds. The molecule has 1 heterocycles. The van der Waals surface area contributed by atoms with Gasteiger partial charge in [-0.3, -0.25) is 9.69 Å². The Morgan fingerprint density at radius 3 is 2.74 bits per heavy atom. The molecule has 2 rings (SSSR count). The second-order valence-electron chi connectivity index (χ2n) is 5.40. The fourth-order valence-electron chi connectivity index (χ4n) is 2.58. The number of likely N-dealkylation sites (tertiary alicyclic amines) is 1. The van der Waals surface area contributed by atoms with Crippen LogP contribution in [0.25, 0.3) is 0 Å². The number of rotatable bonds is 4. The van der Waals surface area contributed by atoms with E-state index < -0.39 is 0 Å². The summed E-state index contributed by atoms with van der Waals surface area (Å²) in [7, 11) is 4.10. The summed E-state index contributed by atoms with van der Waals surface area (Å²) in [6.07, 6.45) is 2.31. The minimum absolute atomic E-state index is 0.0516. The van der Waals surface area contributed by atoms with Gasteiger partial charge in [0, 0.05) is 18.2 Å². The van der Waals surface area contributed by atoms with Crippen molar-refractivity contribution < 1.29 is 9.18 Å². The predicted molar refractivity (Wildman–Crippen MR) is 73.9 cm³/mol. The van der Waals surface area contributed by atoms with Crippen LogP contribution in [0.15, 0.2) is 24.3 Å². The summed E-state index contributed by atoms with van der Waals surface area (Å²) in [4.78, 5) is 16.5. The number of nitrogens with zero attached hydrogens (tertiary/aromatic N) is 2. The van der Waals surface area contributed by atoms with Crippen molar-refractivity contribution in [3.05, 3.63) is 35.6 Å². The Kier molecular flexibility index (Phi) is 4.66. The third-order valence-electron chi connectivity index (χ3n) is 3.78. The molecule has 1 aliphatic rings. The standard InChI is InChI=1S/C15H21FN2O/c1-17-9-3-4-14(10-17)18(2)11-15(19)12-5-7-13(16)8-6-12/h5-8,14H,3-4,9-11H2,1-2H3. The van der Waals surface area contributed by atoms with Crippen molar-refractivity contribution in [1.82, 2.24) is 9.80 Å². The van der Waals surface area contributed by atoms with E-state index in [1.165, 1.54) is 18.6 Å². The Morgan fingerprint density at radius 2 is 2.11 bits per heavy atom. The maximum absolute atomic E-state index is 12.8. The fourth-order valence-corrected chi connectivity index (χ4v) is 2.58. The van der Waals surface area contributed by atoms with Crippen LogP contribution in [0.1, 0.15) is 23.2 Å². The van der Waals surface area contributed by atoms with E-state index in [0.29, 0.717) is 18.2 Å². The highest BCUT2D eigenvalue weighted by Crippen LogP contribution is 2.14. The van der Waals surface area contributed by atoms with Gasteiger partial charge < -0.3 is 4.90 Å². The Labute approximate surface area is 114 Å². The van der Waals surface area contributed by atoms with Crippen molar-refractivity contribution in [2.75, 3.05) is 33.7 Å². The van der Waals surface area contributed by atoms with Crippen molar-refractivity contribution in [1.29, 1.82) is 0 Å². The molecule has 0 aromatic heterocycles. The first-order chi connectivity index (χ1) is 9.06. The molecular formula is C15H21FN2O. The molecule has 1 fully saturated rings. The number of carbonyl (C=O) groups excluding carboxylic acids is 1. The number of likely N-dealkylation sites (N-methyl/N-ethyl adjacent to an activating group) is 2. The zero-order valence-electron chi connectivity index (χ0n) is 11.6. The number of hydrogen-bond acceptors (Lipinski definition) is 3. The maximum Gasteiger partial charge on any atom is 0.176 e. The van der Waals surface area contributed by atoms with Gasteiger partial charge in [0.25, 0.3) is 0 Å². The lowest BCUT2D eigenvalue weighted by Gasteiger charge is -2.35. The van der Waals surface area contributed by atoms with Crippen molar-refractivity contribution in [2.24, 2.45) is 0 Å². The van der Waals surface area contributed by atoms with E-state index in [1.54, 1.807) is 12.1 Å². The van der Waals surface area contributed by atoms with Crippen molar-refractivity contribution in [3.8, 4) is 0 Å². The smallest absolute Gasteiger partial charge is 0.176 e. The zero-order chi connectivity index (χ0) is 13.8. The summed E-state index contributed by atoms with van der Waals surface area (Å²) in [6.45, 7) is 2.54. The summed E-state index contributed by atoms with van der Waals surface area (Å²) in [5.41, 5.74) is 0.581. The lowest BCUT2D eigenvalue weighted by atomic mass is 10.0. The van der Waals surface area contributed by atoms with E-state index in [4.69, 9.17) is 0 Å². The molecule has 0 bridgehead atoms. The van der Waals surface area contributed by atoms with E-state index >= 15 is 0 Å². The monoisotopic (exact) mass is 264 g/mol. The molecule has 3 nitrogen and oxygen atoms in total. The minimum atomic E-state index is -0.307. The number of ketones is 1. The molecule has 1 aromatic carbocycles. The number of piperidine rings is 1. The Bertz CT molecular complexity index is 432. The number of benzene rings is 1. The number of halogens is 1. The normalized spacial score (nSPS) is 20.7. The third kappa shape index (κ3) is 3.85. The van der Waals surface area contributed by atoms with Crippen LogP contribution in [-0.4, -0.2) is 55.4 Å². The summed E-state index contributed by atoms with van der Waals surface area (Å²) >= 11 is 0. The molecule has 4 heteroatoms. The SMILES string of the molecule is CN1CCCC(N(C)CC(=O)c2ccc(F)cc2)C1. The van der Waals surface area contributed by atoms with Crippen molar-refractivity contribution in [3.63, 3.8) is 0 Å². The van der Waals surface area contributed by atoms with E-state index in [2.05, 4.69) is 16.8 Å². The van der Waals surface area contributed by atoms with Crippen LogP contribution in [0.3, 0.4) is 0 Å². The molecule has 0 saturated carbocycles. The Hall–Kier alpha value is -1.26. The largest absolute Gasteiger partial charge is 0.305 e. The number of Topliss-reactive ketones (excluding diaryl/α,β-unsaturated/α-hetero) is 1. The maximum atomic E-state index is 12.8. The quantitative estimate of drug-likeness (QED) is 0.778. The first-order valence-corrected chi connectivity index (χ1v) is 6.74. The first kappa shape index (κ1) is 14.2. The zero-order valence-corrected chi connectivity index (χ0v) is 11.6. The molecular weight excluding hydrogens is 243 g/mol. The van der Waals surface area contributed by atoms with Gasteiger partial charge in [-0.2, -0.15) is 0 Å². The predicted octanol–water partition coefficient (Wildman–Crippen LogP) is 2.03. The average Bonchev–Trinajstić information content (AvgIpc) is 2.39. The van der Waals surface area contributed by atoms with Gasteiger partial charge in [0.05, 0.1) is 6.54 Å². The highest BCUT2D eigenvalue weighted by molar-refractivity contribution is 5.97. The summed E-state index contributed by atoms with van der Waals surface area (Å²) in [5, 5.41) is 0. The van der Waals surface area contributed by atoms with E-state index in [9.17, 15) is 9.18 Å². The molecule has 0 radical (unpaired) electrons. The molecule has 1 saturated heterocycles. The van der Waals surface area contributed by atoms with Crippen LogP contribution in [0, 0.1) is 5.82 Å². The van der Waals surface area contributed by atoms with Crippen molar-refractivity contribution >= 4 is 5.78 Å². The molecule has 0 spiro atoms. The molecule has 0 aliphatic carbocycles. The topological polar surface area (TPSA) is 23.6 Å². The average molecular weight is 264 g/mol. The molecule has 104 valence electrons. The number of hydrogen-bond donors (Lipinski definition) is 0. The molecule has 0 N–H and O–H groups in total. The van der Waals surface area contributed by atoms with Gasteiger partial charge in [-0.15, -0.1) is 0 Å². The van der Waals surface area contributed by atoms with E-state index in [1.807, 2.05) is 7.05 Å². The minimum Gasteiger partial charge on any atom is -0.305 e. The van der Waals surface area contributed by atoms with Crippen molar-refractivity contribution in [2.45, 2.75) is 18.9 Å². The van der Waals surface area contributed by atoms with Gasteiger partial charge in [0.2, 0.25) is 0 Å². The van der Waals surface area contributed by atoms with Gasteiger partial charge >= 0.3 is 0 Å². The Morgan fingerprint density at radius 1 is 1.42 bits per heavy atom. The lowest BCUT2D eigenvalue weighted by Crippen LogP contribution is -2.46. The Balaban J connectivity index is 1.92. The summed E-state index contributed by atoms with van der Waals surface area (Å²) < 4.78 is 12.8. The fraction of sp³-hybridized carbons (Fsp3) is 0.533. The molecule has 1 unspecified atom stereocenters. The van der Waals surface area contributed by atoms with Crippen LogP contribution in [-0.2, 0) is 0 Å². The van der Waals surface area contributed by atoms with Crippen LogP contribution in [0.5, 0.6) is 0 Å². The van der Waals surface area contributed by atoms with Gasteiger partial charge in [-0.25, -0.2) is 4.39 Å². The second-order valence-corrected chi connectivity index (χ2v) is 5.40. The molecule has 1 aromatic rings. The van der Waals surface area contributed by atoms with Gasteiger partial charge in [0.15, 0.2) is 5.78 Å².